The van der Waals surface area contributed by atoms with Crippen molar-refractivity contribution < 1.29 is 22.0 Å². The van der Waals surface area contributed by atoms with Gasteiger partial charge in [-0.15, -0.1) is 0 Å². The van der Waals surface area contributed by atoms with Crippen LogP contribution in [-0.2, 0) is 21.2 Å². The Hall–Kier alpha value is -1.71. The molecular weight excluding hydrogens is 427 g/mol. The SMILES string of the molecule is O=C(CN(Cc1ccco1)C1CCS(=O)(=O)C1)Nc1ccc(Br)cc1F. The summed E-state index contributed by atoms with van der Waals surface area (Å²) >= 11 is 3.16. The van der Waals surface area contributed by atoms with Gasteiger partial charge in [0.15, 0.2) is 9.84 Å². The molecule has 2 aromatic rings. The summed E-state index contributed by atoms with van der Waals surface area (Å²) in [7, 11) is -3.09. The van der Waals surface area contributed by atoms with Crippen molar-refractivity contribution in [2.75, 3.05) is 23.4 Å². The van der Waals surface area contributed by atoms with Gasteiger partial charge in [-0.2, -0.15) is 0 Å². The number of hydrogen-bond acceptors (Lipinski definition) is 5. The third-order valence-electron chi connectivity index (χ3n) is 4.22. The van der Waals surface area contributed by atoms with E-state index in [-0.39, 0.29) is 29.8 Å². The standard InChI is InChI=1S/C17H18BrFN2O4S/c18-12-3-4-16(15(19)8-12)20-17(22)10-21(9-14-2-1-6-25-14)13-5-7-26(23,24)11-13/h1-4,6,8,13H,5,7,9-11H2,(H,20,22). The number of hydrogen-bond donors (Lipinski definition) is 1. The monoisotopic (exact) mass is 444 g/mol. The molecule has 1 unspecified atom stereocenters. The van der Waals surface area contributed by atoms with E-state index in [1.807, 2.05) is 0 Å². The van der Waals surface area contributed by atoms with Gasteiger partial charge in [-0.25, -0.2) is 12.8 Å². The number of benzene rings is 1. The third kappa shape index (κ3) is 4.93. The molecule has 6 nitrogen and oxygen atoms in total. The fourth-order valence-corrected chi connectivity index (χ4v) is 5.04. The van der Waals surface area contributed by atoms with Gasteiger partial charge >= 0.3 is 0 Å². The minimum Gasteiger partial charge on any atom is -0.468 e. The molecule has 0 saturated carbocycles. The number of anilines is 1. The van der Waals surface area contributed by atoms with E-state index in [0.717, 1.165) is 0 Å². The predicted octanol–water partition coefficient (Wildman–Crippen LogP) is 2.81. The van der Waals surface area contributed by atoms with E-state index in [0.29, 0.717) is 23.2 Å². The first-order valence-corrected chi connectivity index (χ1v) is 10.7. The lowest BCUT2D eigenvalue weighted by Crippen LogP contribution is -2.41. The van der Waals surface area contributed by atoms with Crippen LogP contribution < -0.4 is 5.32 Å². The molecular formula is C17H18BrFN2O4S. The average Bonchev–Trinajstić information content (AvgIpc) is 3.19. The van der Waals surface area contributed by atoms with Crippen LogP contribution in [0.3, 0.4) is 0 Å². The quantitative estimate of drug-likeness (QED) is 0.740. The molecule has 1 aromatic heterocycles. The van der Waals surface area contributed by atoms with Crippen LogP contribution in [0.5, 0.6) is 0 Å². The number of carbonyl (C=O) groups is 1. The Labute approximate surface area is 159 Å². The maximum absolute atomic E-state index is 13.9. The second-order valence-corrected chi connectivity index (χ2v) is 9.36. The first-order chi connectivity index (χ1) is 12.3. The van der Waals surface area contributed by atoms with Gasteiger partial charge < -0.3 is 9.73 Å². The first-order valence-electron chi connectivity index (χ1n) is 8.04. The largest absolute Gasteiger partial charge is 0.468 e. The number of sulfone groups is 1. The van der Waals surface area contributed by atoms with Crippen molar-refractivity contribution in [2.24, 2.45) is 0 Å². The Morgan fingerprint density at radius 3 is 2.81 bits per heavy atom. The van der Waals surface area contributed by atoms with Crippen LogP contribution in [0.2, 0.25) is 0 Å². The van der Waals surface area contributed by atoms with Gasteiger partial charge in [0.25, 0.3) is 0 Å². The number of nitrogens with one attached hydrogen (secondary N) is 1. The van der Waals surface area contributed by atoms with Gasteiger partial charge in [0.05, 0.1) is 36.5 Å². The summed E-state index contributed by atoms with van der Waals surface area (Å²) in [6, 6.07) is 7.58. The summed E-state index contributed by atoms with van der Waals surface area (Å²) in [5.41, 5.74) is 0.0789. The number of furan rings is 1. The van der Waals surface area contributed by atoms with E-state index >= 15 is 0 Å². The summed E-state index contributed by atoms with van der Waals surface area (Å²) in [4.78, 5) is 14.2. The molecule has 1 aliphatic rings. The fourth-order valence-electron chi connectivity index (χ4n) is 2.95. The molecule has 3 rings (SSSR count). The molecule has 1 aliphatic heterocycles. The maximum Gasteiger partial charge on any atom is 0.238 e. The van der Waals surface area contributed by atoms with Crippen LogP contribution in [0.25, 0.3) is 0 Å². The Morgan fingerprint density at radius 2 is 2.19 bits per heavy atom. The van der Waals surface area contributed by atoms with Crippen molar-refractivity contribution in [3.63, 3.8) is 0 Å². The van der Waals surface area contributed by atoms with Gasteiger partial charge in [-0.3, -0.25) is 9.69 Å². The fraction of sp³-hybridized carbons (Fsp3) is 0.353. The summed E-state index contributed by atoms with van der Waals surface area (Å²) in [5.74, 6) is -0.212. The number of nitrogens with zero attached hydrogens (tertiary/aromatic N) is 1. The second kappa shape index (κ2) is 7.89. The minimum atomic E-state index is -3.09. The molecule has 0 bridgehead atoms. The van der Waals surface area contributed by atoms with Crippen LogP contribution in [-0.4, -0.2) is 43.3 Å². The van der Waals surface area contributed by atoms with E-state index < -0.39 is 21.6 Å². The van der Waals surface area contributed by atoms with Gasteiger partial charge in [-0.1, -0.05) is 15.9 Å². The summed E-state index contributed by atoms with van der Waals surface area (Å²) in [5, 5.41) is 2.54. The van der Waals surface area contributed by atoms with Crippen molar-refractivity contribution in [1.82, 2.24) is 4.90 Å². The van der Waals surface area contributed by atoms with Crippen LogP contribution in [0.1, 0.15) is 12.2 Å². The zero-order valence-electron chi connectivity index (χ0n) is 13.8. The minimum absolute atomic E-state index is 0.00757. The molecule has 1 saturated heterocycles. The summed E-state index contributed by atoms with van der Waals surface area (Å²) < 4.78 is 43.4. The van der Waals surface area contributed by atoms with E-state index in [9.17, 15) is 17.6 Å². The topological polar surface area (TPSA) is 79.6 Å². The van der Waals surface area contributed by atoms with Crippen molar-refractivity contribution in [3.8, 4) is 0 Å². The second-order valence-electron chi connectivity index (χ2n) is 6.21. The Kier molecular flexibility index (Phi) is 5.79. The highest BCUT2D eigenvalue weighted by Gasteiger charge is 2.33. The van der Waals surface area contributed by atoms with E-state index in [1.54, 1.807) is 23.1 Å². The van der Waals surface area contributed by atoms with Gasteiger partial charge in [0.1, 0.15) is 11.6 Å². The highest BCUT2D eigenvalue weighted by Crippen LogP contribution is 2.22. The van der Waals surface area contributed by atoms with Crippen LogP contribution >= 0.6 is 15.9 Å². The molecule has 0 radical (unpaired) electrons. The lowest BCUT2D eigenvalue weighted by atomic mass is 10.2. The highest BCUT2D eigenvalue weighted by molar-refractivity contribution is 9.10. The molecule has 26 heavy (non-hydrogen) atoms. The molecule has 1 N–H and O–H groups in total. The summed E-state index contributed by atoms with van der Waals surface area (Å²) in [6.45, 7) is 0.250. The maximum atomic E-state index is 13.9. The molecule has 0 aliphatic carbocycles. The highest BCUT2D eigenvalue weighted by atomic mass is 79.9. The molecule has 1 fully saturated rings. The normalized spacial score (nSPS) is 19.0. The molecule has 0 spiro atoms. The number of amides is 1. The molecule has 140 valence electrons. The zero-order chi connectivity index (χ0) is 18.7. The third-order valence-corrected chi connectivity index (χ3v) is 6.46. The Morgan fingerprint density at radius 1 is 1.38 bits per heavy atom. The van der Waals surface area contributed by atoms with E-state index in [2.05, 4.69) is 21.2 Å². The lowest BCUT2D eigenvalue weighted by molar-refractivity contribution is -0.118. The number of rotatable bonds is 6. The number of carbonyl (C=O) groups excluding carboxylic acids is 1. The lowest BCUT2D eigenvalue weighted by Gasteiger charge is -2.26. The smallest absolute Gasteiger partial charge is 0.238 e. The zero-order valence-corrected chi connectivity index (χ0v) is 16.2. The van der Waals surface area contributed by atoms with Gasteiger partial charge in [0, 0.05) is 10.5 Å². The average molecular weight is 445 g/mol. The van der Waals surface area contributed by atoms with E-state index in [1.165, 1.54) is 18.4 Å². The predicted molar refractivity (Wildman–Crippen MR) is 98.9 cm³/mol. The summed E-state index contributed by atoms with van der Waals surface area (Å²) in [6.07, 6.45) is 1.99. The van der Waals surface area contributed by atoms with Crippen molar-refractivity contribution in [2.45, 2.75) is 19.0 Å². The van der Waals surface area contributed by atoms with Crippen molar-refractivity contribution in [3.05, 3.63) is 52.6 Å². The molecule has 1 atom stereocenters. The Balaban J connectivity index is 1.71. The molecule has 2 heterocycles. The van der Waals surface area contributed by atoms with Crippen LogP contribution in [0.15, 0.2) is 45.5 Å². The Bertz CT molecular complexity index is 886. The van der Waals surface area contributed by atoms with Crippen molar-refractivity contribution in [1.29, 1.82) is 0 Å². The molecule has 1 aromatic carbocycles. The van der Waals surface area contributed by atoms with Crippen LogP contribution in [0.4, 0.5) is 10.1 Å². The van der Waals surface area contributed by atoms with Crippen LogP contribution in [0, 0.1) is 5.82 Å². The molecule has 1 amide bonds. The van der Waals surface area contributed by atoms with Crippen molar-refractivity contribution >= 4 is 37.4 Å². The van der Waals surface area contributed by atoms with Gasteiger partial charge in [-0.05, 0) is 36.8 Å². The number of halogens is 2. The first kappa shape index (κ1) is 19.1. The van der Waals surface area contributed by atoms with E-state index in [4.69, 9.17) is 4.42 Å². The molecule has 9 heteroatoms. The van der Waals surface area contributed by atoms with Gasteiger partial charge in [0.2, 0.25) is 5.91 Å².